The van der Waals surface area contributed by atoms with E-state index in [0.717, 1.165) is 33.9 Å². The average Bonchev–Trinajstić information content (AvgIpc) is 3.46. The third-order valence-electron chi connectivity index (χ3n) is 13.3. The van der Waals surface area contributed by atoms with E-state index in [1.165, 1.54) is 154 Å². The molecular formula is C70H120Cl2N2P4Pt2-2. The van der Waals surface area contributed by atoms with Crippen LogP contribution in [0.2, 0.25) is 0 Å². The Balaban J connectivity index is -0.000000218. The number of rotatable bonds is 38. The molecule has 2 nitrogen and oxygen atoms in total. The zero-order valence-electron chi connectivity index (χ0n) is 53.5. The van der Waals surface area contributed by atoms with E-state index in [1.54, 1.807) is 73.9 Å². The first-order chi connectivity index (χ1) is 37.1. The van der Waals surface area contributed by atoms with E-state index >= 15 is 0 Å². The van der Waals surface area contributed by atoms with Crippen LogP contribution in [-0.2, 0) is 42.1 Å². The molecule has 0 saturated carbocycles. The van der Waals surface area contributed by atoms with Crippen molar-refractivity contribution in [1.82, 2.24) is 0 Å². The number of unbranched alkanes of at least 4 members (excludes halogenated alkanes) is 12. The molecule has 10 heteroatoms. The van der Waals surface area contributed by atoms with Crippen molar-refractivity contribution >= 4 is 54.5 Å². The largest absolute Gasteiger partial charge is 1.00 e. The second-order valence-corrected chi connectivity index (χ2v) is 31.4. The predicted molar refractivity (Wildman–Crippen MR) is 363 cm³/mol. The standard InChI is InChI=1S/C22H12N2.4C12H27P.2ClH.2Pt/c1-3-17-5-9-19(10-6-17)23-21-13-15-22(16-14-21)24-20-11-7-18(4-2)8-12-20;4*1-4-7-10-13(11-8-5-2)12-9-6-3;;;;/h5-16H;4*4-12H2,1-3H3;2*1H;;/p-2. The molecule has 0 aromatic heterocycles. The van der Waals surface area contributed by atoms with E-state index in [9.17, 15) is 0 Å². The summed E-state index contributed by atoms with van der Waals surface area (Å²) < 4.78 is 0. The van der Waals surface area contributed by atoms with Crippen LogP contribution in [0.25, 0.3) is 0 Å². The second kappa shape index (κ2) is 71.8. The van der Waals surface area contributed by atoms with Crippen LogP contribution in [0, 0.1) is 24.7 Å². The van der Waals surface area contributed by atoms with Gasteiger partial charge in [-0.1, -0.05) is 172 Å². The van der Waals surface area contributed by atoms with Crippen LogP contribution in [0.4, 0.5) is 11.4 Å². The van der Waals surface area contributed by atoms with Gasteiger partial charge in [0.1, 0.15) is 0 Å². The van der Waals surface area contributed by atoms with Crippen LogP contribution in [0.15, 0.2) is 82.8 Å². The summed E-state index contributed by atoms with van der Waals surface area (Å²) in [5.74, 6) is 4.67. The number of allylic oxidation sites excluding steroid dienone is 4. The number of aliphatic imine (C=N–C) groups is 2. The van der Waals surface area contributed by atoms with Gasteiger partial charge < -0.3 is 31.2 Å². The first kappa shape index (κ1) is 91.4. The SMILES string of the molecule is CCCCP(CCCC)CCCC.CCCCP(CCCC)CCCC.CCCCP(CCCC)CCCC.CCCCP(CCCC)CCCC.[C+]#Cc1ccc(N=C2C=CC(=Nc3ccc(C#[C-])cc3)C=C2)cc1.[Cl-].[Cl-].[Pt].[Pt]. The van der Waals surface area contributed by atoms with E-state index < -0.39 is 0 Å². The van der Waals surface area contributed by atoms with Gasteiger partial charge in [0.25, 0.3) is 0 Å². The monoisotopic (exact) mass is 1570 g/mol. The van der Waals surface area contributed by atoms with Crippen molar-refractivity contribution in [3.63, 3.8) is 0 Å². The fourth-order valence-electron chi connectivity index (χ4n) is 8.06. The fourth-order valence-corrected chi connectivity index (χ4v) is 19.9. The zero-order chi connectivity index (χ0) is 56.5. The number of nitrogens with zero attached hydrogens (tertiary/aromatic N) is 2. The molecule has 0 spiro atoms. The summed E-state index contributed by atoms with van der Waals surface area (Å²) in [6, 6.07) is 14.7. The molecule has 2 aromatic rings. The van der Waals surface area contributed by atoms with Crippen LogP contribution < -0.4 is 24.8 Å². The molecule has 0 fully saturated rings. The molecule has 0 unspecified atom stereocenters. The van der Waals surface area contributed by atoms with E-state index in [2.05, 4.69) is 105 Å². The maximum Gasteiger partial charge on any atom is 0 e. The molecule has 1 aliphatic carbocycles. The molecule has 0 amide bonds. The number of hydrogen-bond acceptors (Lipinski definition) is 2. The molecule has 0 bridgehead atoms. The van der Waals surface area contributed by atoms with Gasteiger partial charge in [-0.15, -0.1) is 49.4 Å². The molecular weight excluding hydrogens is 1450 g/mol. The van der Waals surface area contributed by atoms with Crippen LogP contribution >= 0.6 is 31.7 Å². The summed E-state index contributed by atoms with van der Waals surface area (Å²) >= 11 is 0. The molecule has 466 valence electrons. The Kier molecular flexibility index (Phi) is 82.0. The molecule has 0 aliphatic heterocycles. The third-order valence-corrected chi connectivity index (χ3v) is 24.7. The van der Waals surface area contributed by atoms with E-state index in [-0.39, 0.29) is 66.9 Å². The maximum absolute atomic E-state index is 7.07. The minimum Gasteiger partial charge on any atom is -1.00 e. The third kappa shape index (κ3) is 57.4. The summed E-state index contributed by atoms with van der Waals surface area (Å²) in [5, 5.41) is 0. The van der Waals surface area contributed by atoms with Crippen molar-refractivity contribution < 1.29 is 66.9 Å². The van der Waals surface area contributed by atoms with Crippen molar-refractivity contribution in [2.24, 2.45) is 9.98 Å². The Bertz CT molecular complexity index is 1500. The maximum atomic E-state index is 7.07. The predicted octanol–water partition coefficient (Wildman–Crippen LogP) is 18.0. The van der Waals surface area contributed by atoms with Crippen LogP contribution in [0.5, 0.6) is 0 Å². The van der Waals surface area contributed by atoms with Crippen LogP contribution in [0.3, 0.4) is 0 Å². The summed E-state index contributed by atoms with van der Waals surface area (Å²) in [4.78, 5) is 9.06. The van der Waals surface area contributed by atoms with Gasteiger partial charge in [-0.25, -0.2) is 0 Å². The summed E-state index contributed by atoms with van der Waals surface area (Å²) in [6.45, 7) is 27.8. The minimum atomic E-state index is 0. The molecule has 0 atom stereocenters. The fraction of sp³-hybridized carbons (Fsp3) is 0.686. The second-order valence-electron chi connectivity index (χ2n) is 20.7. The molecule has 80 heavy (non-hydrogen) atoms. The smallest absolute Gasteiger partial charge is 0 e. The van der Waals surface area contributed by atoms with Gasteiger partial charge in [-0.2, -0.15) is 0 Å². The Hall–Kier alpha value is 0.277. The first-order valence-corrected chi connectivity index (χ1v) is 39.2. The normalized spacial score (nSPS) is 11.0. The molecule has 3 rings (SSSR count). The molecule has 2 aromatic carbocycles. The van der Waals surface area contributed by atoms with Gasteiger partial charge in [0, 0.05) is 42.1 Å². The van der Waals surface area contributed by atoms with Gasteiger partial charge in [0.2, 0.25) is 0 Å². The Morgan fingerprint density at radius 3 is 0.650 bits per heavy atom. The van der Waals surface area contributed by atoms with Crippen molar-refractivity contribution in [3.05, 3.63) is 96.8 Å². The van der Waals surface area contributed by atoms with Gasteiger partial charge >= 0.3 is 99.3 Å². The van der Waals surface area contributed by atoms with Crippen molar-refractivity contribution in [3.8, 4) is 11.8 Å². The Morgan fingerprint density at radius 2 is 0.500 bits per heavy atom. The summed E-state index contributed by atoms with van der Waals surface area (Å²) in [6.07, 6.45) is 74.6. The summed E-state index contributed by atoms with van der Waals surface area (Å²) in [7, 11) is 1.69. The van der Waals surface area contributed by atoms with Crippen molar-refractivity contribution in [1.29, 1.82) is 0 Å². The number of benzene rings is 2. The van der Waals surface area contributed by atoms with Crippen molar-refractivity contribution in [2.45, 2.75) is 237 Å². The van der Waals surface area contributed by atoms with Crippen LogP contribution in [-0.4, -0.2) is 85.4 Å². The van der Waals surface area contributed by atoms with E-state index in [1.807, 2.05) is 72.8 Å². The van der Waals surface area contributed by atoms with Gasteiger partial charge in [0.15, 0.2) is 0 Å². The van der Waals surface area contributed by atoms with Crippen molar-refractivity contribution in [2.75, 3.05) is 73.9 Å². The Labute approximate surface area is 546 Å². The average molecular weight is 1570 g/mol. The molecule has 0 N–H and O–H groups in total. The van der Waals surface area contributed by atoms with Gasteiger partial charge in [-0.05, 0) is 151 Å². The van der Waals surface area contributed by atoms with Gasteiger partial charge in [0.05, 0.1) is 0 Å². The minimum absolute atomic E-state index is 0. The van der Waals surface area contributed by atoms with Gasteiger partial charge in [-0.3, -0.25) is 5.92 Å². The van der Waals surface area contributed by atoms with E-state index in [0.29, 0.717) is 31.7 Å². The molecule has 0 radical (unpaired) electrons. The topological polar surface area (TPSA) is 24.7 Å². The number of hydrogen-bond donors (Lipinski definition) is 0. The summed E-state index contributed by atoms with van der Waals surface area (Å²) in [5.41, 5.74) is 4.81. The van der Waals surface area contributed by atoms with E-state index in [4.69, 9.17) is 12.8 Å². The zero-order valence-corrected chi connectivity index (χ0v) is 63.1. The van der Waals surface area contributed by atoms with Crippen LogP contribution in [0.1, 0.15) is 248 Å². The molecule has 1 aliphatic rings. The Morgan fingerprint density at radius 1 is 0.325 bits per heavy atom. The number of halogens is 2. The first-order valence-electron chi connectivity index (χ1n) is 31.6. The molecule has 0 heterocycles. The quantitative estimate of drug-likeness (QED) is 0.0277. The molecule has 0 saturated heterocycles.